The van der Waals surface area contributed by atoms with Crippen LogP contribution in [0.15, 0.2) is 105 Å². The van der Waals surface area contributed by atoms with Gasteiger partial charge >= 0.3 is 0 Å². The van der Waals surface area contributed by atoms with Gasteiger partial charge in [-0.25, -0.2) is 10.9 Å². The van der Waals surface area contributed by atoms with E-state index >= 15 is 0 Å². The molecule has 0 saturated carbocycles. The minimum atomic E-state index is -0.294. The summed E-state index contributed by atoms with van der Waals surface area (Å²) in [5, 5.41) is 7.84. The van der Waals surface area contributed by atoms with Crippen LogP contribution in [0.25, 0.3) is 0 Å². The molecule has 0 unspecified atom stereocenters. The van der Waals surface area contributed by atoms with E-state index in [1.54, 1.807) is 63.3 Å². The molecule has 0 saturated heterocycles. The molecule has 0 aliphatic carbocycles. The molecule has 40 heavy (non-hydrogen) atoms. The molecule has 0 bridgehead atoms. The molecular formula is C28H24Br2N6O4. The largest absolute Gasteiger partial charge is 0.496 e. The Balaban J connectivity index is 0.000000220. The minimum absolute atomic E-state index is 0.294. The lowest BCUT2D eigenvalue weighted by Crippen LogP contribution is -2.17. The molecule has 0 aliphatic heterocycles. The molecule has 2 heterocycles. The van der Waals surface area contributed by atoms with Crippen molar-refractivity contribution in [1.82, 2.24) is 20.8 Å². The molecule has 0 radical (unpaired) electrons. The van der Waals surface area contributed by atoms with Crippen LogP contribution < -0.4 is 20.3 Å². The van der Waals surface area contributed by atoms with E-state index in [4.69, 9.17) is 9.47 Å². The zero-order valence-electron chi connectivity index (χ0n) is 21.4. The number of carbonyl (C=O) groups is 2. The first kappa shape index (κ1) is 30.1. The molecule has 0 atom stereocenters. The number of rotatable bonds is 8. The van der Waals surface area contributed by atoms with Gasteiger partial charge < -0.3 is 9.47 Å². The molecule has 2 aromatic heterocycles. The lowest BCUT2D eigenvalue weighted by Gasteiger charge is -2.04. The summed E-state index contributed by atoms with van der Waals surface area (Å²) in [4.78, 5) is 31.2. The van der Waals surface area contributed by atoms with Crippen molar-refractivity contribution in [3.63, 3.8) is 0 Å². The predicted molar refractivity (Wildman–Crippen MR) is 160 cm³/mol. The number of halogens is 2. The fourth-order valence-corrected chi connectivity index (χ4v) is 3.83. The molecule has 0 fully saturated rings. The number of aromatic nitrogens is 2. The number of ether oxygens (including phenoxy) is 2. The highest BCUT2D eigenvalue weighted by Crippen LogP contribution is 2.22. The van der Waals surface area contributed by atoms with Gasteiger partial charge in [-0.05, 0) is 60.7 Å². The lowest BCUT2D eigenvalue weighted by molar-refractivity contribution is 0.0947. The number of amides is 2. The van der Waals surface area contributed by atoms with Gasteiger partial charge in [0.25, 0.3) is 11.8 Å². The van der Waals surface area contributed by atoms with Gasteiger partial charge in [0, 0.05) is 56.0 Å². The SMILES string of the molecule is COc1ccc(Br)cc1/C=N/NC(=O)c1ccncc1.COc1ccc(Br)cc1/C=N/NC(=O)c1ccncc1. The third-order valence-corrected chi connectivity index (χ3v) is 5.99. The predicted octanol–water partition coefficient (Wildman–Crippen LogP) is 5.23. The monoisotopic (exact) mass is 666 g/mol. The summed E-state index contributed by atoms with van der Waals surface area (Å²) in [6.45, 7) is 0. The number of nitrogens with zero attached hydrogens (tertiary/aromatic N) is 4. The zero-order valence-corrected chi connectivity index (χ0v) is 24.6. The van der Waals surface area contributed by atoms with Gasteiger partial charge in [0.15, 0.2) is 0 Å². The first-order valence-corrected chi connectivity index (χ1v) is 13.1. The first-order valence-electron chi connectivity index (χ1n) is 11.5. The normalized spacial score (nSPS) is 10.5. The smallest absolute Gasteiger partial charge is 0.271 e. The van der Waals surface area contributed by atoms with E-state index in [0.717, 1.165) is 20.1 Å². The molecular weight excluding hydrogens is 644 g/mol. The van der Waals surface area contributed by atoms with Crippen molar-refractivity contribution >= 4 is 56.1 Å². The average molecular weight is 668 g/mol. The summed E-state index contributed by atoms with van der Waals surface area (Å²) in [7, 11) is 3.16. The van der Waals surface area contributed by atoms with Gasteiger partial charge in [-0.3, -0.25) is 19.6 Å². The first-order chi connectivity index (χ1) is 19.4. The second kappa shape index (κ2) is 15.9. The molecule has 10 nitrogen and oxygen atoms in total. The van der Waals surface area contributed by atoms with Crippen LogP contribution >= 0.6 is 31.9 Å². The molecule has 0 spiro atoms. The molecule has 2 aromatic carbocycles. The van der Waals surface area contributed by atoms with Crippen LogP contribution in [0.2, 0.25) is 0 Å². The van der Waals surface area contributed by atoms with Crippen LogP contribution in [0.1, 0.15) is 31.8 Å². The second-order valence-corrected chi connectivity index (χ2v) is 9.47. The highest BCUT2D eigenvalue weighted by molar-refractivity contribution is 9.10. The van der Waals surface area contributed by atoms with E-state index in [1.165, 1.54) is 12.4 Å². The van der Waals surface area contributed by atoms with E-state index in [0.29, 0.717) is 22.6 Å². The molecule has 4 rings (SSSR count). The second-order valence-electron chi connectivity index (χ2n) is 7.64. The van der Waals surface area contributed by atoms with Gasteiger partial charge in [0.2, 0.25) is 0 Å². The van der Waals surface area contributed by atoms with E-state index in [-0.39, 0.29) is 11.8 Å². The molecule has 204 valence electrons. The Morgan fingerprint density at radius 3 is 1.40 bits per heavy atom. The summed E-state index contributed by atoms with van der Waals surface area (Å²) >= 11 is 6.74. The number of methoxy groups -OCH3 is 2. The summed E-state index contributed by atoms with van der Waals surface area (Å²) in [5.41, 5.74) is 7.42. The Morgan fingerprint density at radius 2 is 1.05 bits per heavy atom. The molecule has 2 N–H and O–H groups in total. The maximum Gasteiger partial charge on any atom is 0.271 e. The maximum atomic E-state index is 11.8. The number of benzene rings is 2. The number of hydrazone groups is 2. The minimum Gasteiger partial charge on any atom is -0.496 e. The Kier molecular flexibility index (Phi) is 11.9. The van der Waals surface area contributed by atoms with Crippen molar-refractivity contribution in [2.75, 3.05) is 14.2 Å². The Hall–Kier alpha value is -4.42. The fraction of sp³-hybridized carbons (Fsp3) is 0.0714. The van der Waals surface area contributed by atoms with Crippen molar-refractivity contribution in [3.8, 4) is 11.5 Å². The third kappa shape index (κ3) is 9.40. The number of hydrogen-bond donors (Lipinski definition) is 2. The van der Waals surface area contributed by atoms with Crippen LogP contribution in [0.3, 0.4) is 0 Å². The van der Waals surface area contributed by atoms with Crippen LogP contribution in [-0.2, 0) is 0 Å². The number of pyridine rings is 2. The number of hydrogen-bond acceptors (Lipinski definition) is 8. The molecule has 12 heteroatoms. The Morgan fingerprint density at radius 1 is 0.675 bits per heavy atom. The molecule has 4 aromatic rings. The highest BCUT2D eigenvalue weighted by atomic mass is 79.9. The van der Waals surface area contributed by atoms with Crippen LogP contribution in [0.5, 0.6) is 11.5 Å². The quantitative estimate of drug-likeness (QED) is 0.196. The molecule has 0 aliphatic rings. The van der Waals surface area contributed by atoms with Crippen molar-refractivity contribution in [1.29, 1.82) is 0 Å². The summed E-state index contributed by atoms with van der Waals surface area (Å²) in [6.07, 6.45) is 9.27. The topological polar surface area (TPSA) is 127 Å². The third-order valence-electron chi connectivity index (χ3n) is 5.01. The maximum absolute atomic E-state index is 11.8. The van der Waals surface area contributed by atoms with Crippen molar-refractivity contribution in [2.45, 2.75) is 0 Å². The van der Waals surface area contributed by atoms with Gasteiger partial charge in [-0.1, -0.05) is 31.9 Å². The fourth-order valence-electron chi connectivity index (χ4n) is 3.07. The van der Waals surface area contributed by atoms with Crippen molar-refractivity contribution < 1.29 is 19.1 Å². The van der Waals surface area contributed by atoms with Gasteiger partial charge in [0.05, 0.1) is 26.6 Å². The van der Waals surface area contributed by atoms with Gasteiger partial charge in [-0.15, -0.1) is 0 Å². The van der Waals surface area contributed by atoms with Crippen LogP contribution in [-0.4, -0.2) is 48.4 Å². The van der Waals surface area contributed by atoms with Crippen LogP contribution in [0.4, 0.5) is 0 Å². The van der Waals surface area contributed by atoms with Crippen LogP contribution in [0, 0.1) is 0 Å². The Bertz CT molecular complexity index is 1370. The Labute approximate surface area is 247 Å². The standard InChI is InChI=1S/2C14H12BrN3O2/c2*1-20-13-3-2-12(15)8-11(13)9-17-18-14(19)10-4-6-16-7-5-10/h2*2-9H,1H3,(H,18,19)/b2*17-9+. The summed E-state index contributed by atoms with van der Waals surface area (Å²) in [5.74, 6) is 0.764. The number of nitrogens with one attached hydrogen (secondary N) is 2. The summed E-state index contributed by atoms with van der Waals surface area (Å²) in [6, 6.07) is 17.5. The lowest BCUT2D eigenvalue weighted by atomic mass is 10.2. The van der Waals surface area contributed by atoms with E-state index < -0.39 is 0 Å². The van der Waals surface area contributed by atoms with E-state index in [2.05, 4.69) is 62.9 Å². The zero-order chi connectivity index (χ0) is 28.7. The number of carbonyl (C=O) groups excluding carboxylic acids is 2. The van der Waals surface area contributed by atoms with Gasteiger partial charge in [-0.2, -0.15) is 10.2 Å². The van der Waals surface area contributed by atoms with Crippen molar-refractivity contribution in [2.24, 2.45) is 10.2 Å². The summed E-state index contributed by atoms with van der Waals surface area (Å²) < 4.78 is 12.2. The van der Waals surface area contributed by atoms with Crippen molar-refractivity contribution in [3.05, 3.63) is 117 Å². The highest BCUT2D eigenvalue weighted by Gasteiger charge is 2.05. The molecule has 2 amide bonds. The average Bonchev–Trinajstić information content (AvgIpc) is 2.98. The van der Waals surface area contributed by atoms with Gasteiger partial charge in [0.1, 0.15) is 11.5 Å². The van der Waals surface area contributed by atoms with E-state index in [9.17, 15) is 9.59 Å². The van der Waals surface area contributed by atoms with E-state index in [1.807, 2.05) is 36.4 Å².